The molecular formula is C13H24N2O3. The van der Waals surface area contributed by atoms with Crippen LogP contribution in [-0.4, -0.2) is 47.1 Å². The van der Waals surface area contributed by atoms with Gasteiger partial charge in [-0.2, -0.15) is 0 Å². The number of hydrogen-bond acceptors (Lipinski definition) is 3. The maximum absolute atomic E-state index is 12.2. The lowest BCUT2D eigenvalue weighted by atomic mass is 10.1. The first-order valence-corrected chi connectivity index (χ1v) is 6.79. The minimum absolute atomic E-state index is 0.0437. The van der Waals surface area contributed by atoms with Gasteiger partial charge < -0.3 is 15.3 Å². The van der Waals surface area contributed by atoms with E-state index in [2.05, 4.69) is 5.32 Å². The topological polar surface area (TPSA) is 69.6 Å². The number of nitrogens with one attached hydrogen (secondary N) is 1. The Kier molecular flexibility index (Phi) is 6.12. The Hall–Kier alpha value is -1.10. The molecule has 0 spiro atoms. The van der Waals surface area contributed by atoms with Crippen molar-refractivity contribution >= 4 is 11.9 Å². The molecule has 0 aromatic heterocycles. The van der Waals surface area contributed by atoms with E-state index in [1.165, 1.54) is 0 Å². The average molecular weight is 256 g/mol. The van der Waals surface area contributed by atoms with Crippen molar-refractivity contribution < 1.29 is 14.7 Å². The van der Waals surface area contributed by atoms with Crippen LogP contribution in [0.2, 0.25) is 0 Å². The first kappa shape index (κ1) is 15.0. The third-order valence-corrected chi connectivity index (χ3v) is 3.42. The van der Waals surface area contributed by atoms with Crippen molar-refractivity contribution in [3.63, 3.8) is 0 Å². The Morgan fingerprint density at radius 3 is 2.50 bits per heavy atom. The fraction of sp³-hybridized carbons (Fsp3) is 0.846. The summed E-state index contributed by atoms with van der Waals surface area (Å²) in [5.41, 5.74) is 0. The van der Waals surface area contributed by atoms with Gasteiger partial charge in [-0.15, -0.1) is 0 Å². The van der Waals surface area contributed by atoms with Crippen molar-refractivity contribution in [2.75, 3.05) is 13.1 Å². The molecule has 0 aliphatic heterocycles. The molecule has 1 aliphatic rings. The van der Waals surface area contributed by atoms with E-state index in [-0.39, 0.29) is 24.5 Å². The molecule has 104 valence electrons. The van der Waals surface area contributed by atoms with Gasteiger partial charge in [-0.1, -0.05) is 19.8 Å². The maximum Gasteiger partial charge on any atom is 0.323 e. The van der Waals surface area contributed by atoms with Crippen molar-refractivity contribution in [2.24, 2.45) is 0 Å². The predicted molar refractivity (Wildman–Crippen MR) is 69.4 cm³/mol. The summed E-state index contributed by atoms with van der Waals surface area (Å²) in [6, 6.07) is 0.225. The minimum Gasteiger partial charge on any atom is -0.480 e. The normalized spacial score (nSPS) is 17.7. The van der Waals surface area contributed by atoms with Crippen LogP contribution in [0.1, 0.15) is 46.0 Å². The predicted octanol–water partition coefficient (Wildman–Crippen LogP) is 1.23. The number of amides is 1. The van der Waals surface area contributed by atoms with Crippen LogP contribution in [-0.2, 0) is 9.59 Å². The van der Waals surface area contributed by atoms with Crippen LogP contribution in [0.3, 0.4) is 0 Å². The first-order valence-electron chi connectivity index (χ1n) is 6.79. The fourth-order valence-electron chi connectivity index (χ4n) is 2.58. The largest absolute Gasteiger partial charge is 0.480 e. The molecule has 0 bridgehead atoms. The van der Waals surface area contributed by atoms with Gasteiger partial charge in [-0.05, 0) is 26.3 Å². The Morgan fingerprint density at radius 2 is 2.00 bits per heavy atom. The van der Waals surface area contributed by atoms with E-state index < -0.39 is 5.97 Å². The lowest BCUT2D eigenvalue weighted by Gasteiger charge is -2.28. The SMILES string of the molecule is CCNC(C)CC(=O)N(CC(=O)O)C1CCCC1. The Balaban J connectivity index is 2.57. The molecule has 0 radical (unpaired) electrons. The van der Waals surface area contributed by atoms with E-state index >= 15 is 0 Å². The standard InChI is InChI=1S/C13H24N2O3/c1-3-14-10(2)8-12(16)15(9-13(17)18)11-6-4-5-7-11/h10-11,14H,3-9H2,1-2H3,(H,17,18). The molecule has 5 heteroatoms. The van der Waals surface area contributed by atoms with Crippen LogP contribution in [0.4, 0.5) is 0 Å². The summed E-state index contributed by atoms with van der Waals surface area (Å²) in [5, 5.41) is 12.1. The second-order valence-corrected chi connectivity index (χ2v) is 5.02. The van der Waals surface area contributed by atoms with Gasteiger partial charge in [-0.25, -0.2) is 0 Å². The van der Waals surface area contributed by atoms with E-state index in [0.717, 1.165) is 32.2 Å². The van der Waals surface area contributed by atoms with Crippen LogP contribution in [0, 0.1) is 0 Å². The molecule has 1 atom stereocenters. The highest BCUT2D eigenvalue weighted by Crippen LogP contribution is 2.24. The second kappa shape index (κ2) is 7.36. The number of carboxylic acid groups (broad SMARTS) is 1. The zero-order chi connectivity index (χ0) is 13.5. The van der Waals surface area contributed by atoms with Crippen LogP contribution in [0.5, 0.6) is 0 Å². The summed E-state index contributed by atoms with van der Waals surface area (Å²) in [6.07, 6.45) is 4.44. The van der Waals surface area contributed by atoms with Gasteiger partial charge >= 0.3 is 5.97 Å². The van der Waals surface area contributed by atoms with Crippen molar-refractivity contribution in [2.45, 2.75) is 58.0 Å². The molecule has 1 fully saturated rings. The fourth-order valence-corrected chi connectivity index (χ4v) is 2.58. The van der Waals surface area contributed by atoms with Gasteiger partial charge in [-0.3, -0.25) is 9.59 Å². The molecule has 1 saturated carbocycles. The molecule has 2 N–H and O–H groups in total. The van der Waals surface area contributed by atoms with Crippen LogP contribution in [0.25, 0.3) is 0 Å². The highest BCUT2D eigenvalue weighted by Gasteiger charge is 2.28. The number of carbonyl (C=O) groups is 2. The second-order valence-electron chi connectivity index (χ2n) is 5.02. The van der Waals surface area contributed by atoms with E-state index in [0.29, 0.717) is 6.42 Å². The number of carbonyl (C=O) groups excluding carboxylic acids is 1. The molecule has 0 aromatic carbocycles. The summed E-state index contributed by atoms with van der Waals surface area (Å²) >= 11 is 0. The maximum atomic E-state index is 12.2. The van der Waals surface area contributed by atoms with Crippen LogP contribution < -0.4 is 5.32 Å². The minimum atomic E-state index is -0.925. The van der Waals surface area contributed by atoms with Gasteiger partial charge in [0, 0.05) is 18.5 Å². The van der Waals surface area contributed by atoms with Gasteiger partial charge in [0.1, 0.15) is 6.54 Å². The molecule has 1 rings (SSSR count). The van der Waals surface area contributed by atoms with E-state index in [1.54, 1.807) is 4.90 Å². The summed E-state index contributed by atoms with van der Waals surface area (Å²) in [4.78, 5) is 24.6. The van der Waals surface area contributed by atoms with E-state index in [1.807, 2.05) is 13.8 Å². The molecule has 18 heavy (non-hydrogen) atoms. The summed E-state index contributed by atoms with van der Waals surface area (Å²) < 4.78 is 0. The molecule has 5 nitrogen and oxygen atoms in total. The first-order chi connectivity index (χ1) is 8.54. The number of aliphatic carboxylic acids is 1. The van der Waals surface area contributed by atoms with Crippen molar-refractivity contribution in [1.82, 2.24) is 10.2 Å². The summed E-state index contributed by atoms with van der Waals surface area (Å²) in [7, 11) is 0. The quantitative estimate of drug-likeness (QED) is 0.719. The van der Waals surface area contributed by atoms with E-state index in [9.17, 15) is 9.59 Å². The zero-order valence-electron chi connectivity index (χ0n) is 11.3. The number of carboxylic acids is 1. The lowest BCUT2D eigenvalue weighted by Crippen LogP contribution is -2.44. The van der Waals surface area contributed by atoms with Gasteiger partial charge in [0.15, 0.2) is 0 Å². The molecule has 0 aromatic rings. The summed E-state index contributed by atoms with van der Waals surface area (Å²) in [6.45, 7) is 4.60. The van der Waals surface area contributed by atoms with Crippen LogP contribution >= 0.6 is 0 Å². The van der Waals surface area contributed by atoms with Crippen LogP contribution in [0.15, 0.2) is 0 Å². The molecule has 1 amide bonds. The number of nitrogens with zero attached hydrogens (tertiary/aromatic N) is 1. The third kappa shape index (κ3) is 4.64. The smallest absolute Gasteiger partial charge is 0.323 e. The van der Waals surface area contributed by atoms with Crippen molar-refractivity contribution in [3.8, 4) is 0 Å². The van der Waals surface area contributed by atoms with E-state index in [4.69, 9.17) is 5.11 Å². The number of hydrogen-bond donors (Lipinski definition) is 2. The zero-order valence-corrected chi connectivity index (χ0v) is 11.3. The van der Waals surface area contributed by atoms with Gasteiger partial charge in [0.2, 0.25) is 5.91 Å². The highest BCUT2D eigenvalue weighted by molar-refractivity contribution is 5.82. The Morgan fingerprint density at radius 1 is 1.39 bits per heavy atom. The third-order valence-electron chi connectivity index (χ3n) is 3.42. The Bertz CT molecular complexity index is 288. The lowest BCUT2D eigenvalue weighted by molar-refractivity contribution is -0.146. The van der Waals surface area contributed by atoms with Crippen molar-refractivity contribution in [3.05, 3.63) is 0 Å². The van der Waals surface area contributed by atoms with Gasteiger partial charge in [0.25, 0.3) is 0 Å². The van der Waals surface area contributed by atoms with Crippen molar-refractivity contribution in [1.29, 1.82) is 0 Å². The molecule has 1 aliphatic carbocycles. The number of rotatable bonds is 7. The molecule has 0 saturated heterocycles. The molecule has 1 unspecified atom stereocenters. The molecule has 0 heterocycles. The monoisotopic (exact) mass is 256 g/mol. The average Bonchev–Trinajstić information content (AvgIpc) is 2.78. The molecular weight excluding hydrogens is 232 g/mol. The van der Waals surface area contributed by atoms with Gasteiger partial charge in [0.05, 0.1) is 0 Å². The Labute approximate surface area is 109 Å². The highest BCUT2D eigenvalue weighted by atomic mass is 16.4. The summed E-state index contributed by atoms with van der Waals surface area (Å²) in [5.74, 6) is -0.968.